The Hall–Kier alpha value is -1.35. The van der Waals surface area contributed by atoms with Crippen molar-refractivity contribution < 1.29 is 4.79 Å². The number of carbonyl (C=O) groups is 1. The van der Waals surface area contributed by atoms with E-state index in [1.165, 1.54) is 18.4 Å². The van der Waals surface area contributed by atoms with Crippen LogP contribution in [0.3, 0.4) is 0 Å². The number of hydrogen-bond acceptors (Lipinski definition) is 2. The van der Waals surface area contributed by atoms with Crippen LogP contribution in [0.4, 0.5) is 0 Å². The van der Waals surface area contributed by atoms with Gasteiger partial charge in [-0.2, -0.15) is 0 Å². The molecule has 0 aromatic heterocycles. The molecule has 1 aliphatic rings. The first-order chi connectivity index (χ1) is 7.27. The molecule has 0 aliphatic heterocycles. The highest BCUT2D eigenvalue weighted by Gasteiger charge is 2.31. The normalized spacial score (nSPS) is 17.3. The van der Waals surface area contributed by atoms with Gasteiger partial charge in [-0.25, -0.2) is 0 Å². The molecule has 1 aromatic rings. The van der Waals surface area contributed by atoms with E-state index in [0.717, 1.165) is 0 Å². The van der Waals surface area contributed by atoms with Gasteiger partial charge in [0.1, 0.15) is 0 Å². The number of carbonyl (C=O) groups excluding carboxylic acids is 1. The molecule has 15 heavy (non-hydrogen) atoms. The first-order valence-corrected chi connectivity index (χ1v) is 5.34. The van der Waals surface area contributed by atoms with Gasteiger partial charge in [0.05, 0.1) is 6.54 Å². The van der Waals surface area contributed by atoms with Gasteiger partial charge in [0.25, 0.3) is 0 Å². The van der Waals surface area contributed by atoms with E-state index in [-0.39, 0.29) is 12.5 Å². The first-order valence-electron chi connectivity index (χ1n) is 5.34. The van der Waals surface area contributed by atoms with Crippen molar-refractivity contribution in [1.29, 1.82) is 0 Å². The lowest BCUT2D eigenvalue weighted by Gasteiger charge is -2.17. The molecule has 0 saturated heterocycles. The fourth-order valence-corrected chi connectivity index (χ4v) is 1.86. The molecular weight excluding hydrogens is 188 g/mol. The minimum Gasteiger partial charge on any atom is -0.369 e. The van der Waals surface area contributed by atoms with Gasteiger partial charge in [-0.15, -0.1) is 0 Å². The summed E-state index contributed by atoms with van der Waals surface area (Å²) in [4.78, 5) is 10.7. The Morgan fingerprint density at radius 3 is 2.60 bits per heavy atom. The molecule has 1 aliphatic carbocycles. The number of rotatable bonds is 5. The van der Waals surface area contributed by atoms with E-state index in [1.54, 1.807) is 0 Å². The van der Waals surface area contributed by atoms with Crippen LogP contribution in [0.25, 0.3) is 0 Å². The highest BCUT2D eigenvalue weighted by Crippen LogP contribution is 2.40. The van der Waals surface area contributed by atoms with Crippen molar-refractivity contribution in [3.63, 3.8) is 0 Å². The maximum Gasteiger partial charge on any atom is 0.231 e. The lowest BCUT2D eigenvalue weighted by molar-refractivity contribution is -0.117. The van der Waals surface area contributed by atoms with Crippen molar-refractivity contribution >= 4 is 5.91 Å². The van der Waals surface area contributed by atoms with Crippen LogP contribution in [0.5, 0.6) is 0 Å². The summed E-state index contributed by atoms with van der Waals surface area (Å²) in [6, 6.07) is 10.5. The zero-order valence-electron chi connectivity index (χ0n) is 8.65. The van der Waals surface area contributed by atoms with Crippen LogP contribution < -0.4 is 11.1 Å². The minimum absolute atomic E-state index is 0.260. The van der Waals surface area contributed by atoms with E-state index < -0.39 is 0 Å². The van der Waals surface area contributed by atoms with Gasteiger partial charge in [0.2, 0.25) is 5.91 Å². The quantitative estimate of drug-likeness (QED) is 0.757. The van der Waals surface area contributed by atoms with E-state index in [1.807, 2.05) is 18.2 Å². The predicted molar refractivity (Wildman–Crippen MR) is 59.1 cm³/mol. The summed E-state index contributed by atoms with van der Waals surface area (Å²) in [5.74, 6) is 0.378. The highest BCUT2D eigenvalue weighted by atomic mass is 16.1. The third-order valence-electron chi connectivity index (χ3n) is 2.75. The molecular formula is C12H16N2O. The van der Waals surface area contributed by atoms with Crippen molar-refractivity contribution in [2.75, 3.05) is 6.54 Å². The van der Waals surface area contributed by atoms with Crippen molar-refractivity contribution in [3.05, 3.63) is 35.9 Å². The summed E-state index contributed by atoms with van der Waals surface area (Å²) in [5, 5.41) is 3.22. The fourth-order valence-electron chi connectivity index (χ4n) is 1.86. The van der Waals surface area contributed by atoms with Crippen LogP contribution in [-0.2, 0) is 4.79 Å². The number of nitrogens with one attached hydrogen (secondary N) is 1. The highest BCUT2D eigenvalue weighted by molar-refractivity contribution is 5.75. The smallest absolute Gasteiger partial charge is 0.231 e. The molecule has 1 fully saturated rings. The standard InChI is InChI=1S/C12H16N2O/c13-11(15)8-14-12(10-6-7-10)9-4-2-1-3-5-9/h1-5,10,12,14H,6-8H2,(H2,13,15). The van der Waals surface area contributed by atoms with Gasteiger partial charge in [0, 0.05) is 6.04 Å². The van der Waals surface area contributed by atoms with Gasteiger partial charge >= 0.3 is 0 Å². The molecule has 80 valence electrons. The van der Waals surface area contributed by atoms with Crippen LogP contribution in [0.1, 0.15) is 24.4 Å². The molecule has 0 radical (unpaired) electrons. The average Bonchev–Trinajstić information content (AvgIpc) is 3.03. The maximum absolute atomic E-state index is 10.7. The molecule has 0 heterocycles. The Labute approximate surface area is 89.7 Å². The molecule has 1 aromatic carbocycles. The number of amides is 1. The fraction of sp³-hybridized carbons (Fsp3) is 0.417. The molecule has 3 N–H and O–H groups in total. The number of benzene rings is 1. The molecule has 0 bridgehead atoms. The Kier molecular flexibility index (Phi) is 3.02. The van der Waals surface area contributed by atoms with Crippen LogP contribution in [-0.4, -0.2) is 12.5 Å². The maximum atomic E-state index is 10.7. The molecule has 1 saturated carbocycles. The number of hydrogen-bond donors (Lipinski definition) is 2. The minimum atomic E-state index is -0.295. The van der Waals surface area contributed by atoms with Gasteiger partial charge in [-0.3, -0.25) is 4.79 Å². The molecule has 3 heteroatoms. The van der Waals surface area contributed by atoms with E-state index in [0.29, 0.717) is 12.0 Å². The number of primary amides is 1. The summed E-state index contributed by atoms with van der Waals surface area (Å²) >= 11 is 0. The molecule has 0 spiro atoms. The molecule has 2 rings (SSSR count). The summed E-state index contributed by atoms with van der Waals surface area (Å²) < 4.78 is 0. The molecule has 1 unspecified atom stereocenters. The van der Waals surface area contributed by atoms with Crippen molar-refractivity contribution in [1.82, 2.24) is 5.32 Å². The van der Waals surface area contributed by atoms with Crippen LogP contribution in [0.2, 0.25) is 0 Å². The van der Waals surface area contributed by atoms with Crippen LogP contribution >= 0.6 is 0 Å². The Bertz CT molecular complexity index is 333. The Morgan fingerprint density at radius 1 is 1.40 bits per heavy atom. The summed E-state index contributed by atoms with van der Waals surface area (Å²) in [6.45, 7) is 0.260. The largest absolute Gasteiger partial charge is 0.369 e. The first kappa shape index (κ1) is 10.2. The second-order valence-electron chi connectivity index (χ2n) is 4.07. The predicted octanol–water partition coefficient (Wildman–Crippen LogP) is 1.21. The third kappa shape index (κ3) is 2.80. The van der Waals surface area contributed by atoms with Gasteiger partial charge in [-0.1, -0.05) is 30.3 Å². The zero-order chi connectivity index (χ0) is 10.7. The summed E-state index contributed by atoms with van der Waals surface area (Å²) in [6.07, 6.45) is 2.48. The SMILES string of the molecule is NC(=O)CNC(c1ccccc1)C1CC1. The van der Waals surface area contributed by atoms with Crippen LogP contribution in [0, 0.1) is 5.92 Å². The summed E-state index contributed by atoms with van der Waals surface area (Å²) in [7, 11) is 0. The van der Waals surface area contributed by atoms with E-state index in [4.69, 9.17) is 5.73 Å². The lowest BCUT2D eigenvalue weighted by atomic mass is 10.0. The van der Waals surface area contributed by atoms with Gasteiger partial charge in [-0.05, 0) is 24.3 Å². The zero-order valence-corrected chi connectivity index (χ0v) is 8.65. The van der Waals surface area contributed by atoms with Crippen molar-refractivity contribution in [2.24, 2.45) is 11.7 Å². The van der Waals surface area contributed by atoms with Gasteiger partial charge in [0.15, 0.2) is 0 Å². The van der Waals surface area contributed by atoms with E-state index in [2.05, 4.69) is 17.4 Å². The van der Waals surface area contributed by atoms with Gasteiger partial charge < -0.3 is 11.1 Å². The summed E-state index contributed by atoms with van der Waals surface area (Å²) in [5.41, 5.74) is 6.39. The third-order valence-corrected chi connectivity index (χ3v) is 2.75. The van der Waals surface area contributed by atoms with Crippen molar-refractivity contribution in [2.45, 2.75) is 18.9 Å². The van der Waals surface area contributed by atoms with Crippen LogP contribution in [0.15, 0.2) is 30.3 Å². The monoisotopic (exact) mass is 204 g/mol. The average molecular weight is 204 g/mol. The number of nitrogens with two attached hydrogens (primary N) is 1. The molecule has 3 nitrogen and oxygen atoms in total. The van der Waals surface area contributed by atoms with E-state index >= 15 is 0 Å². The Morgan fingerprint density at radius 2 is 2.07 bits per heavy atom. The topological polar surface area (TPSA) is 55.1 Å². The van der Waals surface area contributed by atoms with Crippen molar-refractivity contribution in [3.8, 4) is 0 Å². The Balaban J connectivity index is 2.03. The molecule has 1 amide bonds. The second kappa shape index (κ2) is 4.45. The molecule has 1 atom stereocenters. The van der Waals surface area contributed by atoms with E-state index in [9.17, 15) is 4.79 Å². The second-order valence-corrected chi connectivity index (χ2v) is 4.07. The lowest BCUT2D eigenvalue weighted by Crippen LogP contribution is -2.32.